The number of piperidine rings is 1. The van der Waals surface area contributed by atoms with Crippen LogP contribution >= 0.6 is 0 Å². The molecule has 2 N–H and O–H groups in total. The Kier molecular flexibility index (Phi) is 3.48. The SMILES string of the molecule is CN1C2CCC1CC(CNCc1cccc3[nH]ccc13)C2. The summed E-state index contributed by atoms with van der Waals surface area (Å²) in [5, 5.41) is 5.06. The lowest BCUT2D eigenvalue weighted by atomic mass is 9.91. The fraction of sp³-hybridized carbons (Fsp3) is 0.556. The molecule has 3 nitrogen and oxygen atoms in total. The molecule has 0 saturated carbocycles. The van der Waals surface area contributed by atoms with Crippen LogP contribution in [0.15, 0.2) is 30.5 Å². The first kappa shape index (κ1) is 13.4. The van der Waals surface area contributed by atoms with Crippen LogP contribution in [-0.2, 0) is 6.54 Å². The summed E-state index contributed by atoms with van der Waals surface area (Å²) in [6, 6.07) is 10.4. The quantitative estimate of drug-likeness (QED) is 0.903. The first-order chi connectivity index (χ1) is 10.3. The van der Waals surface area contributed by atoms with Gasteiger partial charge >= 0.3 is 0 Å². The van der Waals surface area contributed by atoms with Crippen LogP contribution in [0.2, 0.25) is 0 Å². The van der Waals surface area contributed by atoms with E-state index in [0.29, 0.717) is 0 Å². The van der Waals surface area contributed by atoms with Gasteiger partial charge in [-0.25, -0.2) is 0 Å². The first-order valence-electron chi connectivity index (χ1n) is 8.29. The minimum absolute atomic E-state index is 0.851. The van der Waals surface area contributed by atoms with Crippen molar-refractivity contribution >= 4 is 10.9 Å². The smallest absolute Gasteiger partial charge is 0.0457 e. The third-order valence-corrected chi connectivity index (χ3v) is 5.63. The van der Waals surface area contributed by atoms with E-state index in [4.69, 9.17) is 0 Å². The van der Waals surface area contributed by atoms with Gasteiger partial charge in [0.05, 0.1) is 0 Å². The number of aromatic nitrogens is 1. The van der Waals surface area contributed by atoms with Crippen LogP contribution in [0.5, 0.6) is 0 Å². The summed E-state index contributed by atoms with van der Waals surface area (Å²) in [5.41, 5.74) is 2.65. The highest BCUT2D eigenvalue weighted by Gasteiger charge is 2.37. The number of hydrogen-bond donors (Lipinski definition) is 2. The van der Waals surface area contributed by atoms with Crippen LogP contribution in [0.25, 0.3) is 10.9 Å². The average molecular weight is 283 g/mol. The molecular formula is C18H25N3. The Hall–Kier alpha value is -1.32. The van der Waals surface area contributed by atoms with E-state index in [9.17, 15) is 0 Å². The van der Waals surface area contributed by atoms with E-state index in [-0.39, 0.29) is 0 Å². The molecule has 2 aliphatic heterocycles. The first-order valence-corrected chi connectivity index (χ1v) is 8.29. The van der Waals surface area contributed by atoms with Gasteiger partial charge in [-0.05, 0) is 62.9 Å². The number of benzene rings is 1. The van der Waals surface area contributed by atoms with Crippen molar-refractivity contribution in [3.63, 3.8) is 0 Å². The molecule has 4 rings (SSSR count). The van der Waals surface area contributed by atoms with Gasteiger partial charge in [0.2, 0.25) is 0 Å². The van der Waals surface area contributed by atoms with Crippen LogP contribution in [0, 0.1) is 5.92 Å². The third kappa shape index (κ3) is 2.49. The summed E-state index contributed by atoms with van der Waals surface area (Å²) in [4.78, 5) is 5.91. The maximum atomic E-state index is 3.70. The molecule has 0 spiro atoms. The number of hydrogen-bond acceptors (Lipinski definition) is 2. The molecule has 0 radical (unpaired) electrons. The maximum Gasteiger partial charge on any atom is 0.0457 e. The van der Waals surface area contributed by atoms with Crippen molar-refractivity contribution in [3.05, 3.63) is 36.0 Å². The van der Waals surface area contributed by atoms with Crippen LogP contribution in [0.3, 0.4) is 0 Å². The van der Waals surface area contributed by atoms with Crippen LogP contribution in [-0.4, -0.2) is 35.6 Å². The van der Waals surface area contributed by atoms with Gasteiger partial charge in [0.1, 0.15) is 0 Å². The molecule has 1 aromatic heterocycles. The Morgan fingerprint density at radius 2 is 2.00 bits per heavy atom. The monoisotopic (exact) mass is 283 g/mol. The van der Waals surface area contributed by atoms with Crippen LogP contribution in [0.4, 0.5) is 0 Å². The van der Waals surface area contributed by atoms with Gasteiger partial charge in [-0.15, -0.1) is 0 Å². The molecule has 0 amide bonds. The van der Waals surface area contributed by atoms with Crippen molar-refractivity contribution in [2.45, 2.75) is 44.3 Å². The van der Waals surface area contributed by atoms with E-state index >= 15 is 0 Å². The Balaban J connectivity index is 1.35. The van der Waals surface area contributed by atoms with Gasteiger partial charge in [-0.2, -0.15) is 0 Å². The predicted molar refractivity (Wildman–Crippen MR) is 87.3 cm³/mol. The number of aromatic amines is 1. The Labute approximate surface area is 126 Å². The van der Waals surface area contributed by atoms with Gasteiger partial charge < -0.3 is 15.2 Å². The lowest BCUT2D eigenvalue weighted by Gasteiger charge is -2.36. The summed E-state index contributed by atoms with van der Waals surface area (Å²) >= 11 is 0. The molecule has 21 heavy (non-hydrogen) atoms. The minimum Gasteiger partial charge on any atom is -0.361 e. The number of nitrogens with zero attached hydrogens (tertiary/aromatic N) is 1. The largest absolute Gasteiger partial charge is 0.361 e. The molecule has 112 valence electrons. The maximum absolute atomic E-state index is 3.70. The molecule has 2 aliphatic rings. The molecule has 2 aromatic rings. The van der Waals surface area contributed by atoms with E-state index < -0.39 is 0 Å². The Morgan fingerprint density at radius 3 is 2.81 bits per heavy atom. The van der Waals surface area contributed by atoms with Crippen molar-refractivity contribution in [2.75, 3.05) is 13.6 Å². The highest BCUT2D eigenvalue weighted by Crippen LogP contribution is 2.37. The zero-order valence-electron chi connectivity index (χ0n) is 12.8. The van der Waals surface area contributed by atoms with Gasteiger partial charge in [0, 0.05) is 35.7 Å². The molecule has 3 heterocycles. The second-order valence-electron chi connectivity index (χ2n) is 6.87. The fourth-order valence-corrected chi connectivity index (χ4v) is 4.41. The molecule has 1 aromatic carbocycles. The van der Waals surface area contributed by atoms with Crippen molar-refractivity contribution in [1.29, 1.82) is 0 Å². The van der Waals surface area contributed by atoms with E-state index in [1.807, 2.05) is 6.20 Å². The van der Waals surface area contributed by atoms with Gasteiger partial charge in [0.25, 0.3) is 0 Å². The lowest BCUT2D eigenvalue weighted by molar-refractivity contribution is 0.133. The van der Waals surface area contributed by atoms with Crippen molar-refractivity contribution in [1.82, 2.24) is 15.2 Å². The van der Waals surface area contributed by atoms with E-state index in [0.717, 1.165) is 24.5 Å². The lowest BCUT2D eigenvalue weighted by Crippen LogP contribution is -2.42. The van der Waals surface area contributed by atoms with E-state index in [1.165, 1.54) is 48.7 Å². The Morgan fingerprint density at radius 1 is 1.19 bits per heavy atom. The second kappa shape index (κ2) is 5.47. The number of H-pyrrole nitrogens is 1. The molecule has 3 heteroatoms. The van der Waals surface area contributed by atoms with Crippen LogP contribution < -0.4 is 5.32 Å². The van der Waals surface area contributed by atoms with Crippen molar-refractivity contribution in [2.24, 2.45) is 5.92 Å². The van der Waals surface area contributed by atoms with E-state index in [2.05, 4.69) is 46.5 Å². The fourth-order valence-electron chi connectivity index (χ4n) is 4.41. The van der Waals surface area contributed by atoms with Crippen molar-refractivity contribution < 1.29 is 0 Å². The number of rotatable bonds is 4. The van der Waals surface area contributed by atoms with Gasteiger partial charge in [-0.1, -0.05) is 12.1 Å². The summed E-state index contributed by atoms with van der Waals surface area (Å²) in [6.07, 6.45) is 7.63. The zero-order chi connectivity index (χ0) is 14.2. The van der Waals surface area contributed by atoms with Gasteiger partial charge in [-0.3, -0.25) is 0 Å². The number of fused-ring (bicyclic) bond motifs is 3. The number of nitrogens with one attached hydrogen (secondary N) is 2. The zero-order valence-corrected chi connectivity index (χ0v) is 12.8. The van der Waals surface area contributed by atoms with Crippen LogP contribution in [0.1, 0.15) is 31.2 Å². The molecule has 2 bridgehead atoms. The van der Waals surface area contributed by atoms with Gasteiger partial charge in [0.15, 0.2) is 0 Å². The average Bonchev–Trinajstić information content (AvgIpc) is 3.02. The minimum atomic E-state index is 0.851. The molecule has 2 atom stereocenters. The summed E-state index contributed by atoms with van der Waals surface area (Å²) in [6.45, 7) is 2.15. The summed E-state index contributed by atoms with van der Waals surface area (Å²) < 4.78 is 0. The molecular weight excluding hydrogens is 258 g/mol. The van der Waals surface area contributed by atoms with Crippen molar-refractivity contribution in [3.8, 4) is 0 Å². The molecule has 2 unspecified atom stereocenters. The second-order valence-corrected chi connectivity index (χ2v) is 6.87. The highest BCUT2D eigenvalue weighted by atomic mass is 15.2. The highest BCUT2D eigenvalue weighted by molar-refractivity contribution is 5.82. The molecule has 2 saturated heterocycles. The third-order valence-electron chi connectivity index (χ3n) is 5.63. The standard InChI is InChI=1S/C18H25N3/c1-21-15-5-6-16(21)10-13(9-15)11-19-12-14-3-2-4-18-17(14)7-8-20-18/h2-4,7-8,13,15-16,19-20H,5-6,9-12H2,1H3. The molecule has 0 aliphatic carbocycles. The molecule has 2 fully saturated rings. The Bertz CT molecular complexity index is 604. The topological polar surface area (TPSA) is 31.1 Å². The predicted octanol–water partition coefficient (Wildman–Crippen LogP) is 3.13. The normalized spacial score (nSPS) is 29.3. The van der Waals surface area contributed by atoms with E-state index in [1.54, 1.807) is 0 Å². The summed E-state index contributed by atoms with van der Waals surface area (Å²) in [5.74, 6) is 0.865. The summed E-state index contributed by atoms with van der Waals surface area (Å²) in [7, 11) is 2.32.